The molecule has 1 aromatic heterocycles. The van der Waals surface area contributed by atoms with Gasteiger partial charge in [-0.05, 0) is 5.56 Å². The largest absolute Gasteiger partial charge is 0.479 e. The van der Waals surface area contributed by atoms with Crippen LogP contribution in [0.2, 0.25) is 0 Å². The van der Waals surface area contributed by atoms with Gasteiger partial charge in [-0.1, -0.05) is 30.3 Å². The smallest absolute Gasteiger partial charge is 0.356 e. The number of nitrogens with zero attached hydrogens (tertiary/aromatic N) is 2. The number of nitrogens with one attached hydrogen (secondary N) is 1. The van der Waals surface area contributed by atoms with E-state index in [0.717, 1.165) is 12.4 Å². The number of amides is 1. The Morgan fingerprint density at radius 1 is 0.955 bits per heavy atom. The van der Waals surface area contributed by atoms with Crippen LogP contribution >= 0.6 is 0 Å². The second kappa shape index (κ2) is 6.44. The molecular formula is C14H11N3O5. The second-order valence-electron chi connectivity index (χ2n) is 4.21. The number of aromatic nitrogens is 2. The molecule has 0 saturated carbocycles. The maximum Gasteiger partial charge on any atom is 0.356 e. The number of aromatic carboxylic acids is 1. The van der Waals surface area contributed by atoms with Crippen LogP contribution in [0.4, 0.5) is 0 Å². The van der Waals surface area contributed by atoms with Gasteiger partial charge in [-0.15, -0.1) is 0 Å². The minimum atomic E-state index is -1.43. The van der Waals surface area contributed by atoms with Gasteiger partial charge in [0.2, 0.25) is 0 Å². The van der Waals surface area contributed by atoms with Crippen molar-refractivity contribution in [3.05, 3.63) is 59.7 Å². The van der Waals surface area contributed by atoms with Gasteiger partial charge in [-0.3, -0.25) is 4.79 Å². The second-order valence-corrected chi connectivity index (χ2v) is 4.21. The first-order valence-electron chi connectivity index (χ1n) is 6.13. The predicted molar refractivity (Wildman–Crippen MR) is 73.3 cm³/mol. The monoisotopic (exact) mass is 301 g/mol. The van der Waals surface area contributed by atoms with E-state index in [1.54, 1.807) is 18.2 Å². The Morgan fingerprint density at radius 3 is 2.09 bits per heavy atom. The first-order chi connectivity index (χ1) is 10.5. The van der Waals surface area contributed by atoms with E-state index in [4.69, 9.17) is 5.11 Å². The van der Waals surface area contributed by atoms with E-state index in [-0.39, 0.29) is 0 Å². The van der Waals surface area contributed by atoms with Crippen molar-refractivity contribution >= 4 is 17.8 Å². The van der Waals surface area contributed by atoms with E-state index in [1.807, 2.05) is 0 Å². The van der Waals surface area contributed by atoms with Crippen molar-refractivity contribution in [2.75, 3.05) is 0 Å². The Balaban J connectivity index is 2.30. The quantitative estimate of drug-likeness (QED) is 0.742. The highest BCUT2D eigenvalue weighted by molar-refractivity contribution is 6.03. The number of aliphatic carboxylic acids is 1. The molecule has 0 aliphatic carbocycles. The number of rotatable bonds is 5. The number of hydrogen-bond donors (Lipinski definition) is 3. The molecule has 0 bridgehead atoms. The summed E-state index contributed by atoms with van der Waals surface area (Å²) in [5, 5.41) is 20.4. The van der Waals surface area contributed by atoms with Crippen LogP contribution in [0.15, 0.2) is 42.7 Å². The summed E-state index contributed by atoms with van der Waals surface area (Å²) in [6.45, 7) is 0. The molecule has 3 N–H and O–H groups in total. The van der Waals surface area contributed by atoms with Crippen LogP contribution in [0.3, 0.4) is 0 Å². The minimum Gasteiger partial charge on any atom is -0.479 e. The molecule has 1 unspecified atom stereocenters. The third kappa shape index (κ3) is 3.23. The summed E-state index contributed by atoms with van der Waals surface area (Å²) in [4.78, 5) is 41.7. The Kier molecular flexibility index (Phi) is 4.42. The zero-order chi connectivity index (χ0) is 16.1. The van der Waals surface area contributed by atoms with Crippen molar-refractivity contribution in [2.45, 2.75) is 6.04 Å². The SMILES string of the molecule is O=C(O)c1nccnc1C(=O)NC(C(=O)O)c1ccccc1. The molecule has 0 fully saturated rings. The predicted octanol–water partition coefficient (Wildman–Crippen LogP) is 0.730. The highest BCUT2D eigenvalue weighted by Gasteiger charge is 2.26. The molecule has 0 aliphatic heterocycles. The Morgan fingerprint density at radius 2 is 1.55 bits per heavy atom. The van der Waals surface area contributed by atoms with Crippen LogP contribution in [-0.2, 0) is 4.79 Å². The van der Waals surface area contributed by atoms with Crippen LogP contribution in [0.25, 0.3) is 0 Å². The van der Waals surface area contributed by atoms with E-state index < -0.39 is 35.3 Å². The standard InChI is InChI=1S/C14H11N3O5/c18-12(10-11(14(21)22)16-7-6-15-10)17-9(13(19)20)8-4-2-1-3-5-8/h1-7,9H,(H,17,18)(H,19,20)(H,21,22). The average molecular weight is 301 g/mol. The molecule has 0 aliphatic rings. The van der Waals surface area contributed by atoms with Gasteiger partial charge in [0.05, 0.1) is 0 Å². The number of hydrogen-bond acceptors (Lipinski definition) is 5. The Bertz CT molecular complexity index is 717. The van der Waals surface area contributed by atoms with Crippen molar-refractivity contribution in [3.63, 3.8) is 0 Å². The van der Waals surface area contributed by atoms with E-state index >= 15 is 0 Å². The summed E-state index contributed by atoms with van der Waals surface area (Å²) < 4.78 is 0. The van der Waals surface area contributed by atoms with E-state index in [2.05, 4.69) is 15.3 Å². The molecular weight excluding hydrogens is 290 g/mol. The van der Waals surface area contributed by atoms with Gasteiger partial charge >= 0.3 is 11.9 Å². The molecule has 1 heterocycles. The first-order valence-corrected chi connectivity index (χ1v) is 6.13. The molecule has 112 valence electrons. The summed E-state index contributed by atoms with van der Waals surface area (Å²) in [6.07, 6.45) is 2.28. The molecule has 0 spiro atoms. The minimum absolute atomic E-state index is 0.351. The van der Waals surface area contributed by atoms with E-state index in [0.29, 0.717) is 5.56 Å². The maximum absolute atomic E-state index is 12.1. The van der Waals surface area contributed by atoms with Gasteiger partial charge in [0.25, 0.3) is 5.91 Å². The Labute approximate surface area is 124 Å². The van der Waals surface area contributed by atoms with Crippen LogP contribution in [0, 0.1) is 0 Å². The average Bonchev–Trinajstić information content (AvgIpc) is 2.52. The van der Waals surface area contributed by atoms with E-state index in [9.17, 15) is 19.5 Å². The number of benzene rings is 1. The third-order valence-corrected chi connectivity index (χ3v) is 2.77. The van der Waals surface area contributed by atoms with Gasteiger partial charge in [0.1, 0.15) is 0 Å². The number of carboxylic acid groups (broad SMARTS) is 2. The van der Waals surface area contributed by atoms with Crippen LogP contribution in [0.5, 0.6) is 0 Å². The van der Waals surface area contributed by atoms with Crippen LogP contribution < -0.4 is 5.32 Å². The van der Waals surface area contributed by atoms with E-state index in [1.165, 1.54) is 12.1 Å². The van der Waals surface area contributed by atoms with Gasteiger partial charge in [0.15, 0.2) is 17.4 Å². The number of carbonyl (C=O) groups excluding carboxylic acids is 1. The molecule has 1 amide bonds. The Hall–Kier alpha value is -3.29. The molecule has 8 heteroatoms. The number of carbonyl (C=O) groups is 3. The summed E-state index contributed by atoms with van der Waals surface area (Å²) >= 11 is 0. The molecule has 8 nitrogen and oxygen atoms in total. The lowest BCUT2D eigenvalue weighted by Crippen LogP contribution is -2.35. The molecule has 1 atom stereocenters. The van der Waals surface area contributed by atoms with Gasteiger partial charge in [0, 0.05) is 12.4 Å². The zero-order valence-electron chi connectivity index (χ0n) is 11.1. The van der Waals surface area contributed by atoms with Crippen molar-refractivity contribution in [1.29, 1.82) is 0 Å². The molecule has 1 aromatic carbocycles. The maximum atomic E-state index is 12.1. The first kappa shape index (κ1) is 15.1. The lowest BCUT2D eigenvalue weighted by Gasteiger charge is -2.14. The van der Waals surface area contributed by atoms with Crippen molar-refractivity contribution < 1.29 is 24.6 Å². The molecule has 2 aromatic rings. The molecule has 22 heavy (non-hydrogen) atoms. The summed E-state index contributed by atoms with van der Waals surface area (Å²) in [6, 6.07) is 6.71. The fourth-order valence-corrected chi connectivity index (χ4v) is 1.79. The van der Waals surface area contributed by atoms with Crippen LogP contribution in [0.1, 0.15) is 32.6 Å². The van der Waals surface area contributed by atoms with Crippen molar-refractivity contribution in [3.8, 4) is 0 Å². The number of carboxylic acids is 2. The summed E-state index contributed by atoms with van der Waals surface area (Å²) in [5.74, 6) is -3.63. The summed E-state index contributed by atoms with van der Waals surface area (Å²) in [7, 11) is 0. The van der Waals surface area contributed by atoms with Gasteiger partial charge < -0.3 is 15.5 Å². The lowest BCUT2D eigenvalue weighted by molar-refractivity contribution is -0.139. The van der Waals surface area contributed by atoms with Crippen molar-refractivity contribution in [2.24, 2.45) is 0 Å². The lowest BCUT2D eigenvalue weighted by atomic mass is 10.1. The fourth-order valence-electron chi connectivity index (χ4n) is 1.79. The highest BCUT2D eigenvalue weighted by atomic mass is 16.4. The normalized spacial score (nSPS) is 11.5. The van der Waals surface area contributed by atoms with Gasteiger partial charge in [-0.2, -0.15) is 0 Å². The van der Waals surface area contributed by atoms with Crippen LogP contribution in [-0.4, -0.2) is 38.0 Å². The highest BCUT2D eigenvalue weighted by Crippen LogP contribution is 2.14. The fraction of sp³-hybridized carbons (Fsp3) is 0.0714. The zero-order valence-corrected chi connectivity index (χ0v) is 11.1. The molecule has 0 saturated heterocycles. The molecule has 0 radical (unpaired) electrons. The topological polar surface area (TPSA) is 129 Å². The third-order valence-electron chi connectivity index (χ3n) is 2.77. The van der Waals surface area contributed by atoms with Crippen molar-refractivity contribution in [1.82, 2.24) is 15.3 Å². The molecule has 2 rings (SSSR count). The van der Waals surface area contributed by atoms with Gasteiger partial charge in [-0.25, -0.2) is 19.6 Å². The summed E-state index contributed by atoms with van der Waals surface area (Å²) in [5.41, 5.74) is -0.640.